The molecule has 0 unspecified atom stereocenters. The van der Waals surface area contributed by atoms with Gasteiger partial charge in [0.25, 0.3) is 0 Å². The molecule has 1 nitrogen and oxygen atoms in total. The van der Waals surface area contributed by atoms with E-state index in [0.29, 0.717) is 11.4 Å². The number of Topliss-reactive ketones (excluding diaryl/α,β-unsaturated/α-hetero) is 1. The molecule has 0 aliphatic heterocycles. The largest absolute Gasteiger partial charge is 0.294 e. The van der Waals surface area contributed by atoms with Crippen LogP contribution in [-0.2, 0) is 6.42 Å². The summed E-state index contributed by atoms with van der Waals surface area (Å²) in [4.78, 5) is 12.4. The number of rotatable bonds is 3. The van der Waals surface area contributed by atoms with E-state index in [0.717, 1.165) is 27.8 Å². The Hall–Kier alpha value is -1.60. The fraction of sp³-hybridized carbons (Fsp3) is 0.235. The summed E-state index contributed by atoms with van der Waals surface area (Å²) < 4.78 is 0. The van der Waals surface area contributed by atoms with Crippen molar-refractivity contribution in [1.82, 2.24) is 0 Å². The van der Waals surface area contributed by atoms with Crippen LogP contribution >= 0.6 is 11.6 Å². The third kappa shape index (κ3) is 3.05. The Kier molecular flexibility index (Phi) is 4.06. The number of hydrogen-bond donors (Lipinski definition) is 0. The van der Waals surface area contributed by atoms with Crippen LogP contribution in [0.1, 0.15) is 32.6 Å². The molecule has 0 atom stereocenters. The molecular formula is C17H17ClO. The summed E-state index contributed by atoms with van der Waals surface area (Å²) >= 11 is 6.19. The summed E-state index contributed by atoms with van der Waals surface area (Å²) in [7, 11) is 0. The van der Waals surface area contributed by atoms with E-state index in [1.54, 1.807) is 0 Å². The summed E-state index contributed by atoms with van der Waals surface area (Å²) in [5, 5.41) is 0.666. The second-order valence-corrected chi connectivity index (χ2v) is 5.37. The normalized spacial score (nSPS) is 10.5. The van der Waals surface area contributed by atoms with Crippen LogP contribution in [0.25, 0.3) is 0 Å². The minimum absolute atomic E-state index is 0.126. The van der Waals surface area contributed by atoms with Crippen LogP contribution in [0.15, 0.2) is 36.4 Å². The lowest BCUT2D eigenvalue weighted by Crippen LogP contribution is -2.08. The van der Waals surface area contributed by atoms with Crippen molar-refractivity contribution in [2.24, 2.45) is 0 Å². The standard InChI is InChI=1S/C17H17ClO/c1-11-7-8-14(15(18)9-11)10-16(19)17-12(2)5-4-6-13(17)3/h4-9H,10H2,1-3H3. The van der Waals surface area contributed by atoms with Crippen molar-refractivity contribution >= 4 is 17.4 Å². The molecular weight excluding hydrogens is 256 g/mol. The fourth-order valence-corrected chi connectivity index (χ4v) is 2.61. The number of halogens is 1. The minimum Gasteiger partial charge on any atom is -0.294 e. The molecule has 0 heterocycles. The molecule has 2 rings (SSSR count). The van der Waals surface area contributed by atoms with Gasteiger partial charge in [0.05, 0.1) is 0 Å². The highest BCUT2D eigenvalue weighted by atomic mass is 35.5. The van der Waals surface area contributed by atoms with E-state index in [9.17, 15) is 4.79 Å². The highest BCUT2D eigenvalue weighted by Crippen LogP contribution is 2.21. The second kappa shape index (κ2) is 5.58. The zero-order chi connectivity index (χ0) is 14.0. The Labute approximate surface area is 119 Å². The number of aryl methyl sites for hydroxylation is 3. The van der Waals surface area contributed by atoms with E-state index in [-0.39, 0.29) is 5.78 Å². The van der Waals surface area contributed by atoms with Gasteiger partial charge in [-0.05, 0) is 49.1 Å². The first kappa shape index (κ1) is 13.8. The van der Waals surface area contributed by atoms with E-state index < -0.39 is 0 Å². The third-order valence-electron chi connectivity index (χ3n) is 3.32. The Morgan fingerprint density at radius 1 is 1.05 bits per heavy atom. The molecule has 2 heteroatoms. The SMILES string of the molecule is Cc1ccc(CC(=O)c2c(C)cccc2C)c(Cl)c1. The summed E-state index contributed by atoms with van der Waals surface area (Å²) in [6.07, 6.45) is 0.352. The van der Waals surface area contributed by atoms with Crippen molar-refractivity contribution in [1.29, 1.82) is 0 Å². The van der Waals surface area contributed by atoms with E-state index in [2.05, 4.69) is 0 Å². The summed E-state index contributed by atoms with van der Waals surface area (Å²) in [6, 6.07) is 11.7. The topological polar surface area (TPSA) is 17.1 Å². The maximum absolute atomic E-state index is 12.4. The predicted octanol–water partition coefficient (Wildman–Crippen LogP) is 4.69. The van der Waals surface area contributed by atoms with Crippen LogP contribution in [0, 0.1) is 20.8 Å². The van der Waals surface area contributed by atoms with Gasteiger partial charge in [-0.25, -0.2) is 0 Å². The molecule has 2 aromatic carbocycles. The highest BCUT2D eigenvalue weighted by molar-refractivity contribution is 6.31. The summed E-state index contributed by atoms with van der Waals surface area (Å²) in [6.45, 7) is 5.93. The van der Waals surface area contributed by atoms with Crippen LogP contribution in [0.3, 0.4) is 0 Å². The molecule has 0 bridgehead atoms. The lowest BCUT2D eigenvalue weighted by Gasteiger charge is -2.10. The van der Waals surface area contributed by atoms with E-state index in [1.165, 1.54) is 0 Å². The van der Waals surface area contributed by atoms with Crippen LogP contribution in [0.5, 0.6) is 0 Å². The molecule has 0 amide bonds. The molecule has 19 heavy (non-hydrogen) atoms. The van der Waals surface area contributed by atoms with Crippen LogP contribution in [0.2, 0.25) is 5.02 Å². The Morgan fingerprint density at radius 2 is 1.68 bits per heavy atom. The molecule has 2 aromatic rings. The molecule has 0 aromatic heterocycles. The molecule has 0 saturated heterocycles. The average molecular weight is 273 g/mol. The zero-order valence-electron chi connectivity index (χ0n) is 11.5. The Balaban J connectivity index is 2.31. The zero-order valence-corrected chi connectivity index (χ0v) is 12.2. The van der Waals surface area contributed by atoms with Gasteiger partial charge in [-0.2, -0.15) is 0 Å². The minimum atomic E-state index is 0.126. The van der Waals surface area contributed by atoms with Gasteiger partial charge < -0.3 is 0 Å². The molecule has 0 N–H and O–H groups in total. The molecule has 0 spiro atoms. The number of benzene rings is 2. The van der Waals surface area contributed by atoms with Crippen molar-refractivity contribution < 1.29 is 4.79 Å². The smallest absolute Gasteiger partial charge is 0.167 e. The van der Waals surface area contributed by atoms with Crippen LogP contribution < -0.4 is 0 Å². The summed E-state index contributed by atoms with van der Waals surface area (Å²) in [5.74, 6) is 0.126. The van der Waals surface area contributed by atoms with E-state index >= 15 is 0 Å². The molecule has 98 valence electrons. The fourth-order valence-electron chi connectivity index (χ4n) is 2.31. The molecule has 0 saturated carbocycles. The van der Waals surface area contributed by atoms with Crippen LogP contribution in [0.4, 0.5) is 0 Å². The first-order chi connectivity index (χ1) is 8.99. The lowest BCUT2D eigenvalue weighted by atomic mass is 9.95. The van der Waals surface area contributed by atoms with Crippen molar-refractivity contribution in [3.05, 3.63) is 69.2 Å². The maximum atomic E-state index is 12.4. The van der Waals surface area contributed by atoms with Gasteiger partial charge in [-0.15, -0.1) is 0 Å². The van der Waals surface area contributed by atoms with Crippen LogP contribution in [-0.4, -0.2) is 5.78 Å². The quantitative estimate of drug-likeness (QED) is 0.741. The number of ketones is 1. The Morgan fingerprint density at radius 3 is 2.26 bits per heavy atom. The van der Waals surface area contributed by atoms with Gasteiger partial charge in [-0.1, -0.05) is 41.9 Å². The van der Waals surface area contributed by atoms with E-state index in [1.807, 2.05) is 57.2 Å². The van der Waals surface area contributed by atoms with Gasteiger partial charge in [-0.3, -0.25) is 4.79 Å². The van der Waals surface area contributed by atoms with Crippen molar-refractivity contribution in [3.8, 4) is 0 Å². The van der Waals surface area contributed by atoms with Crippen molar-refractivity contribution in [3.63, 3.8) is 0 Å². The van der Waals surface area contributed by atoms with Gasteiger partial charge in [0.2, 0.25) is 0 Å². The van der Waals surface area contributed by atoms with Gasteiger partial charge in [0.1, 0.15) is 0 Å². The molecule has 0 radical (unpaired) electrons. The van der Waals surface area contributed by atoms with Crippen molar-refractivity contribution in [2.45, 2.75) is 27.2 Å². The average Bonchev–Trinajstić information content (AvgIpc) is 2.32. The van der Waals surface area contributed by atoms with E-state index in [4.69, 9.17) is 11.6 Å². The lowest BCUT2D eigenvalue weighted by molar-refractivity contribution is 0.0992. The van der Waals surface area contributed by atoms with Gasteiger partial charge in [0.15, 0.2) is 5.78 Å². The number of carbonyl (C=O) groups excluding carboxylic acids is 1. The Bertz CT molecular complexity index is 609. The first-order valence-corrected chi connectivity index (χ1v) is 6.71. The van der Waals surface area contributed by atoms with Gasteiger partial charge in [0, 0.05) is 17.0 Å². The third-order valence-corrected chi connectivity index (χ3v) is 3.67. The monoisotopic (exact) mass is 272 g/mol. The maximum Gasteiger partial charge on any atom is 0.167 e. The van der Waals surface area contributed by atoms with Gasteiger partial charge >= 0.3 is 0 Å². The molecule has 0 fully saturated rings. The summed E-state index contributed by atoms with van der Waals surface area (Å²) in [5.41, 5.74) is 4.86. The number of carbonyl (C=O) groups is 1. The van der Waals surface area contributed by atoms with Crippen molar-refractivity contribution in [2.75, 3.05) is 0 Å². The second-order valence-electron chi connectivity index (χ2n) is 4.96. The highest BCUT2D eigenvalue weighted by Gasteiger charge is 2.14. The first-order valence-electron chi connectivity index (χ1n) is 6.33. The number of hydrogen-bond acceptors (Lipinski definition) is 1. The predicted molar refractivity (Wildman–Crippen MR) is 80.1 cm³/mol. The molecule has 0 aliphatic carbocycles. The molecule has 0 aliphatic rings.